The van der Waals surface area contributed by atoms with E-state index in [1.807, 2.05) is 18.5 Å². The molecule has 0 fully saturated rings. The summed E-state index contributed by atoms with van der Waals surface area (Å²) in [5.74, 6) is 0. The normalized spacial score (nSPS) is 12.5. The van der Waals surface area contributed by atoms with Crippen LogP contribution in [0.15, 0.2) is 29.5 Å². The van der Waals surface area contributed by atoms with Crippen molar-refractivity contribution < 1.29 is 0 Å². The van der Waals surface area contributed by atoms with Crippen LogP contribution in [0.2, 0.25) is 0 Å². The molecule has 0 spiro atoms. The van der Waals surface area contributed by atoms with Crippen molar-refractivity contribution in [3.05, 3.63) is 40.6 Å². The van der Waals surface area contributed by atoms with Crippen molar-refractivity contribution >= 4 is 15.9 Å². The van der Waals surface area contributed by atoms with E-state index >= 15 is 0 Å². The van der Waals surface area contributed by atoms with Crippen molar-refractivity contribution in [3.63, 3.8) is 0 Å². The van der Waals surface area contributed by atoms with E-state index in [1.165, 1.54) is 11.1 Å². The van der Waals surface area contributed by atoms with Gasteiger partial charge in [0.05, 0.1) is 0 Å². The fraction of sp³-hybridized carbons (Fsp3) is 0.364. The van der Waals surface area contributed by atoms with Gasteiger partial charge in [0.2, 0.25) is 0 Å². The third kappa shape index (κ3) is 3.24. The predicted octanol–water partition coefficient (Wildman–Crippen LogP) is 2.95. The molecule has 0 aliphatic heterocycles. The Hall–Kier alpha value is -0.670. The number of nitrogens with zero attached hydrogens (tertiary/aromatic N) is 1. The van der Waals surface area contributed by atoms with Gasteiger partial charge >= 0.3 is 0 Å². The second-order valence-corrected chi connectivity index (χ2v) is 4.47. The molecule has 2 nitrogen and oxygen atoms in total. The minimum atomic E-state index is 0.304. The average molecular weight is 255 g/mol. The smallest absolute Gasteiger partial charge is 0.0318 e. The zero-order valence-corrected chi connectivity index (χ0v) is 10.1. The van der Waals surface area contributed by atoms with Crippen LogP contribution in [0.3, 0.4) is 0 Å². The molecule has 1 aromatic heterocycles. The molecule has 1 unspecified atom stereocenters. The first kappa shape index (κ1) is 11.4. The maximum atomic E-state index is 4.12. The van der Waals surface area contributed by atoms with Gasteiger partial charge in [0.15, 0.2) is 0 Å². The molecule has 3 heteroatoms. The van der Waals surface area contributed by atoms with Gasteiger partial charge in [-0.05, 0) is 31.0 Å². The van der Waals surface area contributed by atoms with Crippen LogP contribution in [0.25, 0.3) is 0 Å². The first-order valence-electron chi connectivity index (χ1n) is 4.58. The fourth-order valence-corrected chi connectivity index (χ4v) is 1.47. The Kier molecular flexibility index (Phi) is 4.29. The SMILES string of the molecule is C=C(Br)CNC(C)c1cnccc1C. The van der Waals surface area contributed by atoms with Crippen molar-refractivity contribution in [2.75, 3.05) is 6.54 Å². The quantitative estimate of drug-likeness (QED) is 0.894. The Bertz CT molecular complexity index is 323. The first-order valence-corrected chi connectivity index (χ1v) is 5.37. The van der Waals surface area contributed by atoms with E-state index < -0.39 is 0 Å². The zero-order chi connectivity index (χ0) is 10.6. The molecule has 0 aliphatic carbocycles. The lowest BCUT2D eigenvalue weighted by atomic mass is 10.1. The number of aryl methyl sites for hydroxylation is 1. The van der Waals surface area contributed by atoms with Gasteiger partial charge in [0, 0.05) is 29.5 Å². The number of nitrogens with one attached hydrogen (secondary N) is 1. The van der Waals surface area contributed by atoms with Crippen LogP contribution in [0.5, 0.6) is 0 Å². The Labute approximate surface area is 93.6 Å². The Morgan fingerprint density at radius 2 is 2.43 bits per heavy atom. The largest absolute Gasteiger partial charge is 0.306 e. The maximum absolute atomic E-state index is 4.12. The minimum absolute atomic E-state index is 0.304. The van der Waals surface area contributed by atoms with Crippen LogP contribution < -0.4 is 5.32 Å². The molecule has 1 aromatic rings. The molecule has 1 N–H and O–H groups in total. The number of aromatic nitrogens is 1. The molecule has 1 atom stereocenters. The van der Waals surface area contributed by atoms with E-state index in [2.05, 4.69) is 46.7 Å². The van der Waals surface area contributed by atoms with Gasteiger partial charge in [-0.3, -0.25) is 4.98 Å². The number of hydrogen-bond donors (Lipinski definition) is 1. The fourth-order valence-electron chi connectivity index (χ4n) is 1.30. The summed E-state index contributed by atoms with van der Waals surface area (Å²) in [6.07, 6.45) is 3.72. The van der Waals surface area contributed by atoms with E-state index in [0.717, 1.165) is 11.0 Å². The van der Waals surface area contributed by atoms with E-state index in [4.69, 9.17) is 0 Å². The maximum Gasteiger partial charge on any atom is 0.0318 e. The van der Waals surface area contributed by atoms with Crippen LogP contribution in [0.1, 0.15) is 24.1 Å². The van der Waals surface area contributed by atoms with E-state index in [9.17, 15) is 0 Å². The summed E-state index contributed by atoms with van der Waals surface area (Å²) in [6, 6.07) is 2.33. The van der Waals surface area contributed by atoms with Gasteiger partial charge in [0.25, 0.3) is 0 Å². The molecule has 76 valence electrons. The predicted molar refractivity (Wildman–Crippen MR) is 63.5 cm³/mol. The van der Waals surface area contributed by atoms with Crippen molar-refractivity contribution in [2.24, 2.45) is 0 Å². The highest BCUT2D eigenvalue weighted by molar-refractivity contribution is 9.11. The standard InChI is InChI=1S/C11H15BrN2/c1-8-4-5-13-7-11(8)10(3)14-6-9(2)12/h4-5,7,10,14H,2,6H2,1,3H3. The Morgan fingerprint density at radius 1 is 1.71 bits per heavy atom. The molecule has 0 aliphatic rings. The molecule has 0 saturated heterocycles. The number of halogens is 1. The molecule has 0 saturated carbocycles. The molecule has 0 aromatic carbocycles. The highest BCUT2D eigenvalue weighted by atomic mass is 79.9. The van der Waals surface area contributed by atoms with E-state index in [-0.39, 0.29) is 0 Å². The second kappa shape index (κ2) is 5.27. The Morgan fingerprint density at radius 3 is 3.00 bits per heavy atom. The molecule has 1 heterocycles. The van der Waals surface area contributed by atoms with Gasteiger partial charge in [-0.25, -0.2) is 0 Å². The van der Waals surface area contributed by atoms with Gasteiger partial charge in [-0.1, -0.05) is 22.5 Å². The third-order valence-corrected chi connectivity index (χ3v) is 2.43. The van der Waals surface area contributed by atoms with E-state index in [0.29, 0.717) is 6.04 Å². The monoisotopic (exact) mass is 254 g/mol. The lowest BCUT2D eigenvalue weighted by Crippen LogP contribution is -2.20. The van der Waals surface area contributed by atoms with Gasteiger partial charge in [-0.2, -0.15) is 0 Å². The van der Waals surface area contributed by atoms with Crippen molar-refractivity contribution in [1.29, 1.82) is 0 Å². The van der Waals surface area contributed by atoms with Crippen LogP contribution in [-0.2, 0) is 0 Å². The third-order valence-electron chi connectivity index (χ3n) is 2.15. The second-order valence-electron chi connectivity index (χ2n) is 3.35. The topological polar surface area (TPSA) is 24.9 Å². The molecule has 0 bridgehead atoms. The minimum Gasteiger partial charge on any atom is -0.306 e. The Balaban J connectivity index is 2.65. The molecular formula is C11H15BrN2. The number of hydrogen-bond acceptors (Lipinski definition) is 2. The molecular weight excluding hydrogens is 240 g/mol. The lowest BCUT2D eigenvalue weighted by Gasteiger charge is -2.15. The molecule has 0 amide bonds. The van der Waals surface area contributed by atoms with Crippen molar-refractivity contribution in [2.45, 2.75) is 19.9 Å². The summed E-state index contributed by atoms with van der Waals surface area (Å²) in [7, 11) is 0. The zero-order valence-electron chi connectivity index (χ0n) is 8.55. The summed E-state index contributed by atoms with van der Waals surface area (Å²) in [5, 5.41) is 3.35. The molecule has 0 radical (unpaired) electrons. The summed E-state index contributed by atoms with van der Waals surface area (Å²) in [4.78, 5) is 4.12. The molecule has 1 rings (SSSR count). The molecule has 14 heavy (non-hydrogen) atoms. The number of rotatable bonds is 4. The van der Waals surface area contributed by atoms with Crippen LogP contribution >= 0.6 is 15.9 Å². The first-order chi connectivity index (χ1) is 6.61. The summed E-state index contributed by atoms with van der Waals surface area (Å²) < 4.78 is 0.964. The van der Waals surface area contributed by atoms with Crippen LogP contribution in [-0.4, -0.2) is 11.5 Å². The highest BCUT2D eigenvalue weighted by Crippen LogP contribution is 2.15. The van der Waals surface area contributed by atoms with Crippen LogP contribution in [0, 0.1) is 6.92 Å². The van der Waals surface area contributed by atoms with Crippen molar-refractivity contribution in [1.82, 2.24) is 10.3 Å². The summed E-state index contributed by atoms with van der Waals surface area (Å²) >= 11 is 3.32. The van der Waals surface area contributed by atoms with Crippen LogP contribution in [0.4, 0.5) is 0 Å². The lowest BCUT2D eigenvalue weighted by molar-refractivity contribution is 0.610. The average Bonchev–Trinajstić information content (AvgIpc) is 2.15. The van der Waals surface area contributed by atoms with Gasteiger partial charge in [-0.15, -0.1) is 0 Å². The summed E-state index contributed by atoms with van der Waals surface area (Å²) in [5.41, 5.74) is 2.50. The van der Waals surface area contributed by atoms with Gasteiger partial charge in [0.1, 0.15) is 0 Å². The van der Waals surface area contributed by atoms with E-state index in [1.54, 1.807) is 0 Å². The van der Waals surface area contributed by atoms with Crippen molar-refractivity contribution in [3.8, 4) is 0 Å². The highest BCUT2D eigenvalue weighted by Gasteiger charge is 2.06. The number of pyridine rings is 1. The summed E-state index contributed by atoms with van der Waals surface area (Å²) in [6.45, 7) is 8.78. The van der Waals surface area contributed by atoms with Gasteiger partial charge < -0.3 is 5.32 Å².